The second kappa shape index (κ2) is 7.46. The Hall–Kier alpha value is -2.38. The number of hydrogen-bond donors (Lipinski definition) is 0. The molecule has 0 amide bonds. The van der Waals surface area contributed by atoms with Gasteiger partial charge in [-0.15, -0.1) is 0 Å². The summed E-state index contributed by atoms with van der Waals surface area (Å²) in [6.45, 7) is 0. The first-order chi connectivity index (χ1) is 13.9. The highest BCUT2D eigenvalue weighted by Crippen LogP contribution is 2.46. The summed E-state index contributed by atoms with van der Waals surface area (Å²) in [5.74, 6) is 0.541. The third-order valence-electron chi connectivity index (χ3n) is 6.30. The van der Waals surface area contributed by atoms with Gasteiger partial charge in [0.15, 0.2) is 14.6 Å². The Morgan fingerprint density at radius 2 is 1.52 bits per heavy atom. The van der Waals surface area contributed by atoms with Crippen LogP contribution >= 0.6 is 0 Å². The molecule has 0 aromatic heterocycles. The van der Waals surface area contributed by atoms with E-state index < -0.39 is 20.6 Å². The van der Waals surface area contributed by atoms with Crippen LogP contribution in [0.2, 0.25) is 0 Å². The second-order valence-electron chi connectivity index (χ2n) is 7.83. The van der Waals surface area contributed by atoms with Crippen LogP contribution in [-0.2, 0) is 19.4 Å². The molecule has 2 unspecified atom stereocenters. The van der Waals surface area contributed by atoms with E-state index in [1.54, 1.807) is 12.1 Å². The van der Waals surface area contributed by atoms with Crippen molar-refractivity contribution >= 4 is 15.8 Å². The van der Waals surface area contributed by atoms with E-state index in [0.717, 1.165) is 12.8 Å². The van der Waals surface area contributed by atoms with Gasteiger partial charge < -0.3 is 14.4 Å². The van der Waals surface area contributed by atoms with Crippen LogP contribution in [0.25, 0.3) is 0 Å². The third kappa shape index (κ3) is 3.32. The van der Waals surface area contributed by atoms with Crippen molar-refractivity contribution < 1.29 is 22.7 Å². The molecular weight excluding hydrogens is 390 g/mol. The van der Waals surface area contributed by atoms with Gasteiger partial charge in [0, 0.05) is 12.1 Å². The van der Waals surface area contributed by atoms with E-state index in [1.165, 1.54) is 19.2 Å². The smallest absolute Gasteiger partial charge is 0.327 e. The third-order valence-corrected chi connectivity index (χ3v) is 8.72. The maximum absolute atomic E-state index is 13.6. The molecule has 0 saturated carbocycles. The van der Waals surface area contributed by atoms with Crippen LogP contribution in [0.15, 0.2) is 59.5 Å². The van der Waals surface area contributed by atoms with Crippen LogP contribution in [0.3, 0.4) is 0 Å². The summed E-state index contributed by atoms with van der Waals surface area (Å²) < 4.78 is 36.5. The number of methoxy groups -OCH3 is 1. The molecule has 2 saturated heterocycles. The lowest BCUT2D eigenvalue weighted by Gasteiger charge is -2.42. The fourth-order valence-corrected chi connectivity index (χ4v) is 6.72. The Morgan fingerprint density at radius 3 is 2.07 bits per heavy atom. The molecule has 2 aromatic rings. The topological polar surface area (TPSA) is 72.9 Å². The molecule has 2 aliphatic heterocycles. The molecule has 7 heteroatoms. The maximum atomic E-state index is 13.6. The number of carbonyl (C=O) groups excluding carboxylic acids is 1. The number of ether oxygens (including phenoxy) is 2. The summed E-state index contributed by atoms with van der Waals surface area (Å²) in [6.07, 6.45) is 2.33. The SMILES string of the molecule is COC(=O)C1(S(=O)(=O)c2ccc(Oc3ccccc3)cc2)CC2CCC(C1)N2C. The van der Waals surface area contributed by atoms with E-state index in [9.17, 15) is 13.2 Å². The summed E-state index contributed by atoms with van der Waals surface area (Å²) in [5.41, 5.74) is 0. The Kier molecular flexibility index (Phi) is 5.12. The van der Waals surface area contributed by atoms with Gasteiger partial charge in [0.25, 0.3) is 0 Å². The van der Waals surface area contributed by atoms with E-state index in [-0.39, 0.29) is 29.8 Å². The minimum Gasteiger partial charge on any atom is -0.468 e. The number of piperidine rings is 1. The Morgan fingerprint density at radius 1 is 0.966 bits per heavy atom. The van der Waals surface area contributed by atoms with Gasteiger partial charge in [0.2, 0.25) is 0 Å². The van der Waals surface area contributed by atoms with Gasteiger partial charge in [-0.05, 0) is 69.1 Å². The minimum absolute atomic E-state index is 0.0725. The molecule has 2 aromatic carbocycles. The molecule has 0 spiro atoms. The summed E-state index contributed by atoms with van der Waals surface area (Å²) >= 11 is 0. The van der Waals surface area contributed by atoms with Crippen LogP contribution < -0.4 is 4.74 Å². The Bertz CT molecular complexity index is 974. The van der Waals surface area contributed by atoms with Gasteiger partial charge in [0.05, 0.1) is 12.0 Å². The lowest BCUT2D eigenvalue weighted by Crippen LogP contribution is -2.57. The van der Waals surface area contributed by atoms with Gasteiger partial charge in [-0.2, -0.15) is 0 Å². The Balaban J connectivity index is 1.66. The zero-order chi connectivity index (χ0) is 20.6. The van der Waals surface area contributed by atoms with Crippen molar-refractivity contribution in [3.8, 4) is 11.5 Å². The second-order valence-corrected chi connectivity index (χ2v) is 10.1. The van der Waals surface area contributed by atoms with Crippen LogP contribution in [0.1, 0.15) is 25.7 Å². The Labute approximate surface area is 171 Å². The summed E-state index contributed by atoms with van der Waals surface area (Å²) in [5, 5.41) is 0. The molecule has 2 heterocycles. The van der Waals surface area contributed by atoms with Gasteiger partial charge in [-0.3, -0.25) is 4.79 Å². The highest BCUT2D eigenvalue weighted by Gasteiger charge is 2.59. The van der Waals surface area contributed by atoms with Gasteiger partial charge in [-0.25, -0.2) is 8.42 Å². The predicted molar refractivity (Wildman–Crippen MR) is 109 cm³/mol. The van der Waals surface area contributed by atoms with Crippen molar-refractivity contribution in [1.29, 1.82) is 0 Å². The number of esters is 1. The molecule has 2 aliphatic rings. The standard InChI is InChI=1S/C22H25NO5S/c1-23-16-8-9-17(23)15-22(14-16,21(24)27-2)29(25,26)20-12-10-19(11-13-20)28-18-6-4-3-5-7-18/h3-7,10-13,16-17H,8-9,14-15H2,1-2H3. The summed E-state index contributed by atoms with van der Waals surface area (Å²) in [4.78, 5) is 15.1. The lowest BCUT2D eigenvalue weighted by atomic mass is 9.90. The van der Waals surface area contributed by atoms with Crippen molar-refractivity contribution in [2.75, 3.05) is 14.2 Å². The molecule has 2 bridgehead atoms. The van der Waals surface area contributed by atoms with Gasteiger partial charge in [0.1, 0.15) is 11.5 Å². The first-order valence-electron chi connectivity index (χ1n) is 9.75. The molecule has 2 fully saturated rings. The van der Waals surface area contributed by atoms with Crippen LogP contribution in [-0.4, -0.2) is 50.3 Å². The molecule has 0 aliphatic carbocycles. The van der Waals surface area contributed by atoms with E-state index in [0.29, 0.717) is 11.5 Å². The quantitative estimate of drug-likeness (QED) is 0.697. The summed E-state index contributed by atoms with van der Waals surface area (Å²) in [7, 11) is -0.664. The first kappa shape index (κ1) is 19.9. The van der Waals surface area contributed by atoms with Crippen LogP contribution in [0.5, 0.6) is 11.5 Å². The molecular formula is C22H25NO5S. The number of sulfone groups is 1. The largest absolute Gasteiger partial charge is 0.468 e. The fraction of sp³-hybridized carbons (Fsp3) is 0.409. The van der Waals surface area contributed by atoms with Crippen molar-refractivity contribution in [2.24, 2.45) is 0 Å². The summed E-state index contributed by atoms with van der Waals surface area (Å²) in [6, 6.07) is 15.7. The number of para-hydroxylation sites is 1. The van der Waals surface area contributed by atoms with Crippen LogP contribution in [0, 0.1) is 0 Å². The first-order valence-corrected chi connectivity index (χ1v) is 11.2. The molecule has 0 N–H and O–H groups in total. The molecule has 154 valence electrons. The average molecular weight is 416 g/mol. The van der Waals surface area contributed by atoms with Crippen LogP contribution in [0.4, 0.5) is 0 Å². The highest BCUT2D eigenvalue weighted by molar-refractivity contribution is 7.93. The molecule has 29 heavy (non-hydrogen) atoms. The minimum atomic E-state index is -3.93. The predicted octanol–water partition coefficient (Wildman–Crippen LogP) is 3.42. The van der Waals surface area contributed by atoms with E-state index in [4.69, 9.17) is 9.47 Å². The normalized spacial score (nSPS) is 26.8. The molecule has 2 atom stereocenters. The fourth-order valence-electron chi connectivity index (χ4n) is 4.65. The number of fused-ring (bicyclic) bond motifs is 2. The molecule has 4 rings (SSSR count). The van der Waals surface area contributed by atoms with Gasteiger partial charge >= 0.3 is 5.97 Å². The number of benzene rings is 2. The van der Waals surface area contributed by atoms with E-state index in [1.807, 2.05) is 37.4 Å². The molecule has 0 radical (unpaired) electrons. The number of hydrogen-bond acceptors (Lipinski definition) is 6. The monoisotopic (exact) mass is 415 g/mol. The number of nitrogens with zero attached hydrogens (tertiary/aromatic N) is 1. The zero-order valence-electron chi connectivity index (χ0n) is 16.6. The maximum Gasteiger partial charge on any atom is 0.327 e. The molecule has 6 nitrogen and oxygen atoms in total. The van der Waals surface area contributed by atoms with Crippen molar-refractivity contribution in [2.45, 2.75) is 47.4 Å². The van der Waals surface area contributed by atoms with E-state index in [2.05, 4.69) is 4.90 Å². The lowest BCUT2D eigenvalue weighted by molar-refractivity contribution is -0.145. The van der Waals surface area contributed by atoms with E-state index >= 15 is 0 Å². The number of carbonyl (C=O) groups is 1. The van der Waals surface area contributed by atoms with Crippen molar-refractivity contribution in [3.63, 3.8) is 0 Å². The zero-order valence-corrected chi connectivity index (χ0v) is 17.4. The number of rotatable bonds is 5. The average Bonchev–Trinajstić information content (AvgIpc) is 2.94. The highest BCUT2D eigenvalue weighted by atomic mass is 32.2. The van der Waals surface area contributed by atoms with Gasteiger partial charge in [-0.1, -0.05) is 18.2 Å². The van der Waals surface area contributed by atoms with Crippen molar-refractivity contribution in [3.05, 3.63) is 54.6 Å². The van der Waals surface area contributed by atoms with Crippen molar-refractivity contribution in [1.82, 2.24) is 4.90 Å².